The zero-order valence-electron chi connectivity index (χ0n) is 12.7. The van der Waals surface area contributed by atoms with Crippen LogP contribution in [0.1, 0.15) is 15.9 Å². The van der Waals surface area contributed by atoms with Crippen LogP contribution in [0, 0.1) is 0 Å². The van der Waals surface area contributed by atoms with Crippen molar-refractivity contribution in [2.45, 2.75) is 6.42 Å². The highest BCUT2D eigenvalue weighted by Gasteiger charge is 2.15. The summed E-state index contributed by atoms with van der Waals surface area (Å²) in [4.78, 5) is 12.5. The van der Waals surface area contributed by atoms with E-state index in [0.29, 0.717) is 27.3 Å². The fourth-order valence-corrected chi connectivity index (χ4v) is 2.72. The Labute approximate surface area is 138 Å². The highest BCUT2D eigenvalue weighted by molar-refractivity contribution is 9.10. The molecule has 0 aliphatic rings. The van der Waals surface area contributed by atoms with E-state index >= 15 is 0 Å². The Morgan fingerprint density at radius 3 is 2.18 bits per heavy atom. The van der Waals surface area contributed by atoms with Crippen LogP contribution in [0.3, 0.4) is 0 Å². The van der Waals surface area contributed by atoms with Crippen molar-refractivity contribution in [2.75, 3.05) is 21.3 Å². The number of ether oxygens (including phenoxy) is 3. The topological polar surface area (TPSA) is 44.8 Å². The molecule has 0 N–H and O–H groups in total. The van der Waals surface area contributed by atoms with E-state index in [-0.39, 0.29) is 12.2 Å². The van der Waals surface area contributed by atoms with Crippen LogP contribution in [-0.2, 0) is 6.42 Å². The van der Waals surface area contributed by atoms with Crippen molar-refractivity contribution in [2.24, 2.45) is 0 Å². The quantitative estimate of drug-likeness (QED) is 0.729. The summed E-state index contributed by atoms with van der Waals surface area (Å²) in [6.45, 7) is 0. The van der Waals surface area contributed by atoms with Crippen molar-refractivity contribution in [3.05, 3.63) is 52.0 Å². The van der Waals surface area contributed by atoms with Gasteiger partial charge in [-0.2, -0.15) is 0 Å². The minimum absolute atomic E-state index is 0.0129. The van der Waals surface area contributed by atoms with Gasteiger partial charge in [-0.1, -0.05) is 0 Å². The second-order valence-corrected chi connectivity index (χ2v) is 5.48. The first-order valence-electron chi connectivity index (χ1n) is 6.66. The Morgan fingerprint density at radius 1 is 0.955 bits per heavy atom. The molecule has 0 unspecified atom stereocenters. The maximum atomic E-state index is 12.5. The van der Waals surface area contributed by atoms with Crippen LogP contribution < -0.4 is 14.2 Å². The van der Waals surface area contributed by atoms with Gasteiger partial charge in [-0.3, -0.25) is 4.79 Å². The SMILES string of the molecule is COc1ccc(C(=O)Cc2cc(OC)ccc2OC)c(Br)c1. The Kier molecular flexibility index (Phi) is 5.44. The number of benzene rings is 2. The van der Waals surface area contributed by atoms with Gasteiger partial charge in [-0.15, -0.1) is 0 Å². The lowest BCUT2D eigenvalue weighted by atomic mass is 10.0. The molecule has 2 aromatic rings. The van der Waals surface area contributed by atoms with E-state index < -0.39 is 0 Å². The molecule has 0 aliphatic carbocycles. The van der Waals surface area contributed by atoms with Gasteiger partial charge in [0.25, 0.3) is 0 Å². The summed E-state index contributed by atoms with van der Waals surface area (Å²) in [7, 11) is 4.76. The lowest BCUT2D eigenvalue weighted by Gasteiger charge is -2.11. The van der Waals surface area contributed by atoms with Crippen LogP contribution in [0.25, 0.3) is 0 Å². The average Bonchev–Trinajstić information content (AvgIpc) is 2.54. The largest absolute Gasteiger partial charge is 0.497 e. The Hall–Kier alpha value is -2.01. The summed E-state index contributed by atoms with van der Waals surface area (Å²) < 4.78 is 16.4. The number of carbonyl (C=O) groups excluding carboxylic acids is 1. The summed E-state index contributed by atoms with van der Waals surface area (Å²) in [5, 5.41) is 0. The van der Waals surface area contributed by atoms with Gasteiger partial charge in [0.05, 0.1) is 21.3 Å². The fourth-order valence-electron chi connectivity index (χ4n) is 2.14. The molecule has 0 aromatic heterocycles. The Morgan fingerprint density at radius 2 is 1.59 bits per heavy atom. The van der Waals surface area contributed by atoms with E-state index in [0.717, 1.165) is 5.56 Å². The average molecular weight is 365 g/mol. The number of ketones is 1. The standard InChI is InChI=1S/C17H17BrO4/c1-20-12-5-7-17(22-3)11(8-12)9-16(19)14-6-4-13(21-2)10-15(14)18/h4-8,10H,9H2,1-3H3. The van der Waals surface area contributed by atoms with Gasteiger partial charge >= 0.3 is 0 Å². The van der Waals surface area contributed by atoms with Crippen LogP contribution >= 0.6 is 15.9 Å². The molecule has 0 bridgehead atoms. The molecule has 0 saturated carbocycles. The van der Waals surface area contributed by atoms with Crippen LogP contribution in [-0.4, -0.2) is 27.1 Å². The third-order valence-electron chi connectivity index (χ3n) is 3.32. The fraction of sp³-hybridized carbons (Fsp3) is 0.235. The van der Waals surface area contributed by atoms with Gasteiger partial charge < -0.3 is 14.2 Å². The van der Waals surface area contributed by atoms with E-state index in [9.17, 15) is 4.79 Å². The molecule has 4 nitrogen and oxygen atoms in total. The van der Waals surface area contributed by atoms with Crippen LogP contribution in [0.15, 0.2) is 40.9 Å². The van der Waals surface area contributed by atoms with Crippen LogP contribution in [0.2, 0.25) is 0 Å². The van der Waals surface area contributed by atoms with Gasteiger partial charge in [0, 0.05) is 22.0 Å². The second-order valence-electron chi connectivity index (χ2n) is 4.62. The normalized spacial score (nSPS) is 10.2. The summed E-state index contributed by atoms with van der Waals surface area (Å²) in [5.41, 5.74) is 1.39. The molecule has 116 valence electrons. The highest BCUT2D eigenvalue weighted by atomic mass is 79.9. The van der Waals surface area contributed by atoms with E-state index in [1.807, 2.05) is 6.07 Å². The summed E-state index contributed by atoms with van der Waals surface area (Å²) >= 11 is 3.41. The smallest absolute Gasteiger partial charge is 0.168 e. The second kappa shape index (κ2) is 7.31. The van der Waals surface area contributed by atoms with Crippen LogP contribution in [0.5, 0.6) is 17.2 Å². The maximum Gasteiger partial charge on any atom is 0.168 e. The third kappa shape index (κ3) is 3.60. The molecule has 0 spiro atoms. The minimum Gasteiger partial charge on any atom is -0.497 e. The first-order valence-corrected chi connectivity index (χ1v) is 7.46. The number of methoxy groups -OCH3 is 3. The van der Waals surface area contributed by atoms with Gasteiger partial charge in [-0.25, -0.2) is 0 Å². The first-order chi connectivity index (χ1) is 10.6. The summed E-state index contributed by atoms with van der Waals surface area (Å²) in [6, 6.07) is 10.7. The van der Waals surface area contributed by atoms with Gasteiger partial charge in [0.15, 0.2) is 5.78 Å². The number of hydrogen-bond donors (Lipinski definition) is 0. The van der Waals surface area contributed by atoms with Gasteiger partial charge in [-0.05, 0) is 52.3 Å². The lowest BCUT2D eigenvalue weighted by Crippen LogP contribution is -2.06. The molecule has 22 heavy (non-hydrogen) atoms. The molecule has 0 atom stereocenters. The van der Waals surface area contributed by atoms with E-state index in [4.69, 9.17) is 14.2 Å². The minimum atomic E-state index is -0.0129. The molecule has 0 aliphatic heterocycles. The van der Waals surface area contributed by atoms with Crippen molar-refractivity contribution < 1.29 is 19.0 Å². The maximum absolute atomic E-state index is 12.5. The highest BCUT2D eigenvalue weighted by Crippen LogP contribution is 2.28. The van der Waals surface area contributed by atoms with E-state index in [1.54, 1.807) is 51.7 Å². The van der Waals surface area contributed by atoms with Crippen LogP contribution in [0.4, 0.5) is 0 Å². The van der Waals surface area contributed by atoms with Crippen molar-refractivity contribution in [1.29, 1.82) is 0 Å². The molecule has 0 radical (unpaired) electrons. The first kappa shape index (κ1) is 16.4. The predicted molar refractivity (Wildman–Crippen MR) is 88.3 cm³/mol. The van der Waals surface area contributed by atoms with E-state index in [2.05, 4.69) is 15.9 Å². The molecular weight excluding hydrogens is 348 g/mol. The van der Waals surface area contributed by atoms with Crippen molar-refractivity contribution in [3.8, 4) is 17.2 Å². The monoisotopic (exact) mass is 364 g/mol. The predicted octanol–water partition coefficient (Wildman–Crippen LogP) is 3.90. The Bertz CT molecular complexity index is 682. The third-order valence-corrected chi connectivity index (χ3v) is 3.97. The Balaban J connectivity index is 2.28. The molecule has 0 amide bonds. The number of Topliss-reactive ketones (excluding diaryl/α,β-unsaturated/α-hetero) is 1. The zero-order valence-corrected chi connectivity index (χ0v) is 14.3. The zero-order chi connectivity index (χ0) is 16.1. The number of hydrogen-bond acceptors (Lipinski definition) is 4. The van der Waals surface area contributed by atoms with Crippen molar-refractivity contribution >= 4 is 21.7 Å². The van der Waals surface area contributed by atoms with E-state index in [1.165, 1.54) is 0 Å². The molecular formula is C17H17BrO4. The molecule has 0 fully saturated rings. The molecule has 2 aromatic carbocycles. The molecule has 0 saturated heterocycles. The lowest BCUT2D eigenvalue weighted by molar-refractivity contribution is 0.0991. The number of rotatable bonds is 6. The van der Waals surface area contributed by atoms with Gasteiger partial charge in [0.2, 0.25) is 0 Å². The number of carbonyl (C=O) groups is 1. The van der Waals surface area contributed by atoms with Gasteiger partial charge in [0.1, 0.15) is 17.2 Å². The summed E-state index contributed by atoms with van der Waals surface area (Å²) in [6.07, 6.45) is 0.227. The van der Waals surface area contributed by atoms with Crippen molar-refractivity contribution in [1.82, 2.24) is 0 Å². The molecule has 5 heteroatoms. The number of halogens is 1. The molecule has 0 heterocycles. The summed E-state index contributed by atoms with van der Waals surface area (Å²) in [5.74, 6) is 2.04. The molecule has 2 rings (SSSR count). The van der Waals surface area contributed by atoms with Crippen molar-refractivity contribution in [3.63, 3.8) is 0 Å².